The van der Waals surface area contributed by atoms with Crippen molar-refractivity contribution in [1.82, 2.24) is 5.32 Å². The maximum Gasteiger partial charge on any atom is 0.225 e. The minimum Gasteiger partial charge on any atom is -0.504 e. The Morgan fingerprint density at radius 2 is 1.88 bits per heavy atom. The van der Waals surface area contributed by atoms with Gasteiger partial charge >= 0.3 is 0 Å². The van der Waals surface area contributed by atoms with Crippen molar-refractivity contribution in [2.24, 2.45) is 11.8 Å². The van der Waals surface area contributed by atoms with E-state index in [2.05, 4.69) is 18.8 Å². The van der Waals surface area contributed by atoms with Crippen LogP contribution in [0.3, 0.4) is 0 Å². The van der Waals surface area contributed by atoms with E-state index in [1.807, 2.05) is 50.3 Å². The van der Waals surface area contributed by atoms with Crippen molar-refractivity contribution in [2.75, 3.05) is 0 Å². The Labute approximate surface area is 191 Å². The van der Waals surface area contributed by atoms with Gasteiger partial charge in [-0.15, -0.1) is 0 Å². The monoisotopic (exact) mass is 433 g/mol. The summed E-state index contributed by atoms with van der Waals surface area (Å²) < 4.78 is 0. The predicted octanol–water partition coefficient (Wildman–Crippen LogP) is 6.12. The van der Waals surface area contributed by atoms with Crippen molar-refractivity contribution in [3.05, 3.63) is 82.3 Å². The lowest BCUT2D eigenvalue weighted by Crippen LogP contribution is -2.36. The highest BCUT2D eigenvalue weighted by atomic mass is 16.3. The number of hydrogen-bond donors (Lipinski definition) is 2. The number of Topliss-reactive ketones (excluding diaryl/α,β-unsaturated/α-hetero) is 2. The molecule has 1 aromatic rings. The van der Waals surface area contributed by atoms with Crippen LogP contribution in [-0.2, 0) is 16.1 Å². The van der Waals surface area contributed by atoms with Crippen molar-refractivity contribution in [3.8, 4) is 0 Å². The van der Waals surface area contributed by atoms with Crippen molar-refractivity contribution in [1.29, 1.82) is 0 Å². The van der Waals surface area contributed by atoms with Crippen LogP contribution in [0.2, 0.25) is 0 Å². The number of carbonyl (C=O) groups is 2. The fraction of sp³-hybridized carbons (Fsp3) is 0.429. The van der Waals surface area contributed by atoms with Gasteiger partial charge in [0.15, 0.2) is 5.76 Å². The highest BCUT2D eigenvalue weighted by molar-refractivity contribution is 6.24. The Hall–Kier alpha value is -2.88. The summed E-state index contributed by atoms with van der Waals surface area (Å²) in [5.41, 5.74) is 4.14. The molecule has 2 aliphatic rings. The van der Waals surface area contributed by atoms with E-state index in [1.54, 1.807) is 0 Å². The number of aliphatic hydroxyl groups excluding tert-OH is 1. The molecule has 32 heavy (non-hydrogen) atoms. The van der Waals surface area contributed by atoms with E-state index in [1.165, 1.54) is 5.57 Å². The first-order valence-electron chi connectivity index (χ1n) is 11.7. The first-order valence-corrected chi connectivity index (χ1v) is 11.7. The molecule has 0 radical (unpaired) electrons. The molecule has 2 atom stereocenters. The van der Waals surface area contributed by atoms with Gasteiger partial charge in [-0.3, -0.25) is 9.59 Å². The minimum atomic E-state index is -0.414. The molecule has 0 aliphatic heterocycles. The predicted molar refractivity (Wildman–Crippen MR) is 129 cm³/mol. The summed E-state index contributed by atoms with van der Waals surface area (Å²) in [6, 6.07) is 9.82. The van der Waals surface area contributed by atoms with Crippen LogP contribution in [0.15, 0.2) is 76.7 Å². The summed E-state index contributed by atoms with van der Waals surface area (Å²) in [7, 11) is 0. The van der Waals surface area contributed by atoms with E-state index in [9.17, 15) is 14.7 Å². The van der Waals surface area contributed by atoms with Gasteiger partial charge in [0.25, 0.3) is 0 Å². The lowest BCUT2D eigenvalue weighted by atomic mass is 9.70. The first kappa shape index (κ1) is 23.8. The molecule has 0 saturated heterocycles. The zero-order valence-electron chi connectivity index (χ0n) is 19.5. The molecule has 0 spiro atoms. The number of ketones is 2. The molecule has 4 nitrogen and oxygen atoms in total. The van der Waals surface area contributed by atoms with E-state index < -0.39 is 5.78 Å². The molecule has 1 aromatic carbocycles. The highest BCUT2D eigenvalue weighted by Crippen LogP contribution is 2.41. The van der Waals surface area contributed by atoms with E-state index in [4.69, 9.17) is 0 Å². The standard InChI is InChI=1S/C28H35NO3/c1-5-6-8-13-22-25(29-17-20-11-9-7-10-12-20)27(31)24(28(32)26(22)30)23-16-19(4)14-15-21(23)18(2)3/h7,9-12,16,21,23,29,32H,2,5-6,8,13-15,17H2,1,3-4H3/t21?,23-/m1/s1. The minimum absolute atomic E-state index is 0.0321. The number of carbonyl (C=O) groups excluding carboxylic acids is 2. The number of rotatable bonds is 9. The molecule has 0 fully saturated rings. The third-order valence-electron chi connectivity index (χ3n) is 6.57. The number of aliphatic hydroxyl groups is 1. The number of hydrogen-bond acceptors (Lipinski definition) is 4. The highest BCUT2D eigenvalue weighted by Gasteiger charge is 2.40. The summed E-state index contributed by atoms with van der Waals surface area (Å²) in [6.45, 7) is 10.7. The molecule has 0 heterocycles. The maximum atomic E-state index is 13.8. The van der Waals surface area contributed by atoms with Gasteiger partial charge in [-0.25, -0.2) is 0 Å². The van der Waals surface area contributed by atoms with Gasteiger partial charge in [0, 0.05) is 18.0 Å². The molecule has 1 unspecified atom stereocenters. The Kier molecular flexibility index (Phi) is 7.89. The summed E-state index contributed by atoms with van der Waals surface area (Å²) in [4.78, 5) is 27.1. The van der Waals surface area contributed by atoms with Gasteiger partial charge in [-0.1, -0.05) is 73.9 Å². The van der Waals surface area contributed by atoms with Gasteiger partial charge in [0.1, 0.15) is 0 Å². The number of nitrogens with one attached hydrogen (secondary N) is 1. The zero-order chi connectivity index (χ0) is 23.3. The molecule has 0 aromatic heterocycles. The van der Waals surface area contributed by atoms with Crippen molar-refractivity contribution < 1.29 is 14.7 Å². The van der Waals surface area contributed by atoms with E-state index in [0.29, 0.717) is 24.2 Å². The van der Waals surface area contributed by atoms with Crippen LogP contribution in [-0.4, -0.2) is 16.7 Å². The second-order valence-electron chi connectivity index (χ2n) is 9.10. The Morgan fingerprint density at radius 3 is 2.53 bits per heavy atom. The van der Waals surface area contributed by atoms with Crippen LogP contribution in [0, 0.1) is 11.8 Å². The number of allylic oxidation sites excluding steroid dienone is 5. The first-order chi connectivity index (χ1) is 15.3. The second kappa shape index (κ2) is 10.6. The van der Waals surface area contributed by atoms with Crippen molar-refractivity contribution in [3.63, 3.8) is 0 Å². The molecule has 0 amide bonds. The van der Waals surface area contributed by atoms with Crippen LogP contribution in [0.5, 0.6) is 0 Å². The lowest BCUT2D eigenvalue weighted by Gasteiger charge is -2.34. The molecule has 4 heteroatoms. The lowest BCUT2D eigenvalue weighted by molar-refractivity contribution is -0.119. The Morgan fingerprint density at radius 1 is 1.16 bits per heavy atom. The maximum absolute atomic E-state index is 13.8. The SMILES string of the molecule is C=C(C)C1CCC(C)=C[C@H]1C1=C(O)C(=O)C(CCCCC)=C(NCc2ccccc2)C1=O. The normalized spacial score (nSPS) is 21.7. The van der Waals surface area contributed by atoms with E-state index >= 15 is 0 Å². The third-order valence-corrected chi connectivity index (χ3v) is 6.57. The zero-order valence-corrected chi connectivity index (χ0v) is 19.5. The number of unbranched alkanes of at least 4 members (excludes halogenated alkanes) is 2. The van der Waals surface area contributed by atoms with Crippen LogP contribution in [0.4, 0.5) is 0 Å². The molecule has 3 rings (SSSR count). The molecular weight excluding hydrogens is 398 g/mol. The molecule has 0 bridgehead atoms. The van der Waals surface area contributed by atoms with Gasteiger partial charge in [-0.2, -0.15) is 0 Å². The van der Waals surface area contributed by atoms with Crippen LogP contribution >= 0.6 is 0 Å². The quantitative estimate of drug-likeness (QED) is 0.280. The average molecular weight is 434 g/mol. The second-order valence-corrected chi connectivity index (χ2v) is 9.10. The average Bonchev–Trinajstić information content (AvgIpc) is 2.77. The largest absolute Gasteiger partial charge is 0.504 e. The molecule has 0 saturated carbocycles. The van der Waals surface area contributed by atoms with Gasteiger partial charge in [-0.05, 0) is 51.0 Å². The third kappa shape index (κ3) is 5.12. The van der Waals surface area contributed by atoms with Crippen molar-refractivity contribution >= 4 is 11.6 Å². The van der Waals surface area contributed by atoms with Gasteiger partial charge in [0.2, 0.25) is 11.6 Å². The fourth-order valence-corrected chi connectivity index (χ4v) is 4.74. The summed E-state index contributed by atoms with van der Waals surface area (Å²) >= 11 is 0. The summed E-state index contributed by atoms with van der Waals surface area (Å²) in [6.07, 6.45) is 7.10. The molecule has 170 valence electrons. The summed E-state index contributed by atoms with van der Waals surface area (Å²) in [5.74, 6) is -1.35. The topological polar surface area (TPSA) is 66.4 Å². The van der Waals surface area contributed by atoms with Gasteiger partial charge in [0.05, 0.1) is 11.3 Å². The smallest absolute Gasteiger partial charge is 0.225 e. The summed E-state index contributed by atoms with van der Waals surface area (Å²) in [5, 5.41) is 14.2. The number of benzene rings is 1. The van der Waals surface area contributed by atoms with E-state index in [0.717, 1.165) is 43.2 Å². The Bertz CT molecular complexity index is 981. The van der Waals surface area contributed by atoms with Gasteiger partial charge < -0.3 is 10.4 Å². The van der Waals surface area contributed by atoms with Crippen LogP contribution in [0.1, 0.15) is 64.9 Å². The molecule has 2 N–H and O–H groups in total. The van der Waals surface area contributed by atoms with E-state index in [-0.39, 0.29) is 29.0 Å². The van der Waals surface area contributed by atoms with Crippen LogP contribution < -0.4 is 5.32 Å². The van der Waals surface area contributed by atoms with Crippen LogP contribution in [0.25, 0.3) is 0 Å². The molecular formula is C28H35NO3. The Balaban J connectivity index is 2.00. The van der Waals surface area contributed by atoms with Crippen molar-refractivity contribution in [2.45, 2.75) is 65.8 Å². The molecule has 2 aliphatic carbocycles. The fourth-order valence-electron chi connectivity index (χ4n) is 4.74.